The first-order valence-electron chi connectivity index (χ1n) is 9.10. The molecule has 0 bridgehead atoms. The van der Waals surface area contributed by atoms with Crippen molar-refractivity contribution in [2.75, 3.05) is 44.5 Å². The van der Waals surface area contributed by atoms with Crippen LogP contribution in [0.2, 0.25) is 0 Å². The molecule has 0 unspecified atom stereocenters. The smallest absolute Gasteiger partial charge is 0.340 e. The van der Waals surface area contributed by atoms with Gasteiger partial charge in [0.25, 0.3) is 5.91 Å². The molecule has 0 aliphatic carbocycles. The van der Waals surface area contributed by atoms with E-state index in [1.54, 1.807) is 37.3 Å². The third-order valence-electron chi connectivity index (χ3n) is 4.17. The number of hydrogen-bond donors (Lipinski definition) is 3. The molecule has 0 aliphatic heterocycles. The molecule has 2 aromatic carbocycles. The lowest BCUT2D eigenvalue weighted by atomic mass is 10.2. The Hall–Kier alpha value is -2.95. The second-order valence-corrected chi connectivity index (χ2v) is 8.74. The number of aliphatic hydroxyl groups is 1. The zero-order chi connectivity index (χ0) is 22.3. The van der Waals surface area contributed by atoms with E-state index in [0.717, 1.165) is 4.31 Å². The summed E-state index contributed by atoms with van der Waals surface area (Å²) in [6.45, 7) is 1.33. The molecule has 1 amide bonds. The van der Waals surface area contributed by atoms with Gasteiger partial charge >= 0.3 is 5.97 Å². The summed E-state index contributed by atoms with van der Waals surface area (Å²) in [6.07, 6.45) is 0. The van der Waals surface area contributed by atoms with E-state index in [1.807, 2.05) is 0 Å². The number of sulfonamides is 1. The van der Waals surface area contributed by atoms with Crippen LogP contribution in [0.15, 0.2) is 47.4 Å². The highest BCUT2D eigenvalue weighted by molar-refractivity contribution is 7.89. The molecule has 0 radical (unpaired) electrons. The van der Waals surface area contributed by atoms with E-state index in [0.29, 0.717) is 16.9 Å². The first-order valence-corrected chi connectivity index (χ1v) is 10.5. The second-order valence-electron chi connectivity index (χ2n) is 6.58. The normalized spacial score (nSPS) is 11.2. The molecule has 30 heavy (non-hydrogen) atoms. The number of benzene rings is 2. The molecule has 0 saturated carbocycles. The maximum absolute atomic E-state index is 12.3. The molecular formula is C20H25N3O6S. The lowest BCUT2D eigenvalue weighted by Crippen LogP contribution is -2.24. The Morgan fingerprint density at radius 2 is 1.80 bits per heavy atom. The van der Waals surface area contributed by atoms with E-state index in [9.17, 15) is 18.0 Å². The van der Waals surface area contributed by atoms with E-state index >= 15 is 0 Å². The number of nitrogens with zero attached hydrogens (tertiary/aromatic N) is 1. The molecule has 162 valence electrons. The van der Waals surface area contributed by atoms with Crippen molar-refractivity contribution in [2.45, 2.75) is 11.8 Å². The third kappa shape index (κ3) is 5.78. The quantitative estimate of drug-likeness (QED) is 0.509. The fourth-order valence-electron chi connectivity index (χ4n) is 2.51. The van der Waals surface area contributed by atoms with E-state index in [-0.39, 0.29) is 23.6 Å². The average molecular weight is 436 g/mol. The standard InChI is InChI=1S/C20H25N3O6S/c1-14-8-9-15(30(27,28)23(2)3)12-18(14)22-19(25)13-29-20(26)16-6-4-5-7-17(16)21-10-11-24/h4-9,12,21,24H,10-11,13H2,1-3H3,(H,22,25). The Kier molecular flexibility index (Phi) is 7.93. The number of hydrogen-bond acceptors (Lipinski definition) is 7. The van der Waals surface area contributed by atoms with Gasteiger partial charge in [-0.2, -0.15) is 0 Å². The minimum Gasteiger partial charge on any atom is -0.452 e. The fraction of sp³-hybridized carbons (Fsp3) is 0.300. The van der Waals surface area contributed by atoms with E-state index < -0.39 is 28.5 Å². The Labute approximate surface area is 175 Å². The second kappa shape index (κ2) is 10.2. The molecule has 0 aromatic heterocycles. The summed E-state index contributed by atoms with van der Waals surface area (Å²) >= 11 is 0. The number of amides is 1. The minimum atomic E-state index is -3.65. The lowest BCUT2D eigenvalue weighted by Gasteiger charge is -2.15. The third-order valence-corrected chi connectivity index (χ3v) is 5.98. The van der Waals surface area contributed by atoms with Gasteiger partial charge in [0.1, 0.15) is 0 Å². The number of para-hydroxylation sites is 1. The van der Waals surface area contributed by atoms with Gasteiger partial charge in [-0.15, -0.1) is 0 Å². The van der Waals surface area contributed by atoms with Crippen LogP contribution >= 0.6 is 0 Å². The summed E-state index contributed by atoms with van der Waals surface area (Å²) in [7, 11) is -0.821. The largest absolute Gasteiger partial charge is 0.452 e. The fourth-order valence-corrected chi connectivity index (χ4v) is 3.44. The van der Waals surface area contributed by atoms with Crippen LogP contribution in [-0.2, 0) is 19.6 Å². The summed E-state index contributed by atoms with van der Waals surface area (Å²) in [5, 5.41) is 14.4. The van der Waals surface area contributed by atoms with Crippen LogP contribution in [0.3, 0.4) is 0 Å². The topological polar surface area (TPSA) is 125 Å². The Morgan fingerprint density at radius 1 is 1.10 bits per heavy atom. The van der Waals surface area contributed by atoms with Crippen molar-refractivity contribution in [3.63, 3.8) is 0 Å². The molecule has 0 atom stereocenters. The maximum atomic E-state index is 12.3. The van der Waals surface area contributed by atoms with Crippen LogP contribution in [0.1, 0.15) is 15.9 Å². The van der Waals surface area contributed by atoms with Crippen molar-refractivity contribution in [2.24, 2.45) is 0 Å². The number of ether oxygens (including phenoxy) is 1. The molecule has 9 nitrogen and oxygen atoms in total. The number of aliphatic hydroxyl groups excluding tert-OH is 1. The molecule has 0 fully saturated rings. The van der Waals surface area contributed by atoms with Crippen molar-refractivity contribution < 1.29 is 27.9 Å². The van der Waals surface area contributed by atoms with Gasteiger partial charge in [-0.25, -0.2) is 17.5 Å². The minimum absolute atomic E-state index is 0.0364. The number of esters is 1. The Bertz CT molecular complexity index is 1020. The van der Waals surface area contributed by atoms with Crippen molar-refractivity contribution in [1.29, 1.82) is 0 Å². The van der Waals surface area contributed by atoms with Gasteiger partial charge in [0, 0.05) is 32.0 Å². The lowest BCUT2D eigenvalue weighted by molar-refractivity contribution is -0.119. The van der Waals surface area contributed by atoms with E-state index in [1.165, 1.54) is 26.2 Å². The predicted molar refractivity (Wildman–Crippen MR) is 113 cm³/mol. The number of nitrogens with one attached hydrogen (secondary N) is 2. The van der Waals surface area contributed by atoms with Crippen LogP contribution < -0.4 is 10.6 Å². The molecule has 2 rings (SSSR count). The van der Waals surface area contributed by atoms with Gasteiger partial charge in [-0.3, -0.25) is 4.79 Å². The SMILES string of the molecule is Cc1ccc(S(=O)(=O)N(C)C)cc1NC(=O)COC(=O)c1ccccc1NCCO. The van der Waals surface area contributed by atoms with Crippen LogP contribution in [0.4, 0.5) is 11.4 Å². The summed E-state index contributed by atoms with van der Waals surface area (Å²) in [5.74, 6) is -1.31. The summed E-state index contributed by atoms with van der Waals surface area (Å²) in [4.78, 5) is 24.6. The summed E-state index contributed by atoms with van der Waals surface area (Å²) in [6, 6.07) is 11.0. The average Bonchev–Trinajstić information content (AvgIpc) is 2.72. The van der Waals surface area contributed by atoms with Gasteiger partial charge in [0.05, 0.1) is 17.1 Å². The molecule has 2 aromatic rings. The molecule has 0 saturated heterocycles. The zero-order valence-electron chi connectivity index (χ0n) is 17.0. The Morgan fingerprint density at radius 3 is 2.47 bits per heavy atom. The van der Waals surface area contributed by atoms with Gasteiger partial charge in [0.15, 0.2) is 6.61 Å². The summed E-state index contributed by atoms with van der Waals surface area (Å²) < 4.78 is 30.7. The van der Waals surface area contributed by atoms with Crippen molar-refractivity contribution >= 4 is 33.3 Å². The van der Waals surface area contributed by atoms with Crippen molar-refractivity contribution in [1.82, 2.24) is 4.31 Å². The Balaban J connectivity index is 2.06. The molecule has 0 heterocycles. The maximum Gasteiger partial charge on any atom is 0.340 e. The van der Waals surface area contributed by atoms with Crippen LogP contribution in [-0.4, -0.2) is 63.6 Å². The monoisotopic (exact) mass is 435 g/mol. The highest BCUT2D eigenvalue weighted by Crippen LogP contribution is 2.22. The molecule has 10 heteroatoms. The van der Waals surface area contributed by atoms with Gasteiger partial charge in [-0.05, 0) is 36.8 Å². The number of carbonyl (C=O) groups is 2. The van der Waals surface area contributed by atoms with Gasteiger partial charge in [-0.1, -0.05) is 18.2 Å². The van der Waals surface area contributed by atoms with Crippen molar-refractivity contribution in [3.8, 4) is 0 Å². The molecule has 0 aliphatic rings. The highest BCUT2D eigenvalue weighted by atomic mass is 32.2. The van der Waals surface area contributed by atoms with Crippen LogP contribution in [0, 0.1) is 6.92 Å². The van der Waals surface area contributed by atoms with Gasteiger partial charge in [0.2, 0.25) is 10.0 Å². The first-order chi connectivity index (χ1) is 14.2. The zero-order valence-corrected chi connectivity index (χ0v) is 17.8. The van der Waals surface area contributed by atoms with Gasteiger partial charge < -0.3 is 20.5 Å². The van der Waals surface area contributed by atoms with Crippen LogP contribution in [0.5, 0.6) is 0 Å². The van der Waals surface area contributed by atoms with E-state index in [2.05, 4.69) is 10.6 Å². The molecule has 0 spiro atoms. The molecule has 3 N–H and O–H groups in total. The predicted octanol–water partition coefficient (Wildman–Crippen LogP) is 1.45. The summed E-state index contributed by atoms with van der Waals surface area (Å²) in [5.41, 5.74) is 1.68. The van der Waals surface area contributed by atoms with Crippen molar-refractivity contribution in [3.05, 3.63) is 53.6 Å². The highest BCUT2D eigenvalue weighted by Gasteiger charge is 2.19. The molecular weight excluding hydrogens is 410 g/mol. The number of anilines is 2. The van der Waals surface area contributed by atoms with Crippen LogP contribution in [0.25, 0.3) is 0 Å². The number of carbonyl (C=O) groups excluding carboxylic acids is 2. The first kappa shape index (κ1) is 23.3. The number of aryl methyl sites for hydroxylation is 1. The number of rotatable bonds is 9. The van der Waals surface area contributed by atoms with E-state index in [4.69, 9.17) is 9.84 Å².